The predicted molar refractivity (Wildman–Crippen MR) is 55.3 cm³/mol. The largest absolute Gasteiger partial charge is 0.490 e. The summed E-state index contributed by atoms with van der Waals surface area (Å²) in [4.78, 5) is 0. The number of hydrogen-bond acceptors (Lipinski definition) is 2. The quantitative estimate of drug-likeness (QED) is 0.812. The van der Waals surface area contributed by atoms with Crippen molar-refractivity contribution in [3.63, 3.8) is 0 Å². The lowest BCUT2D eigenvalue weighted by Gasteiger charge is -2.10. The Balaban J connectivity index is 2.54. The monoisotopic (exact) mass is 251 g/mol. The maximum absolute atomic E-state index is 13.4. The van der Waals surface area contributed by atoms with Crippen LogP contribution in [-0.2, 0) is 6.54 Å². The number of benzene rings is 1. The highest BCUT2D eigenvalue weighted by Gasteiger charge is 2.27. The molecule has 1 N–H and O–H groups in total. The third-order valence-corrected chi connectivity index (χ3v) is 2.02. The van der Waals surface area contributed by atoms with Crippen molar-refractivity contribution in [3.05, 3.63) is 29.6 Å². The van der Waals surface area contributed by atoms with Crippen molar-refractivity contribution in [3.8, 4) is 5.75 Å². The van der Waals surface area contributed by atoms with Crippen molar-refractivity contribution in [2.45, 2.75) is 19.1 Å². The fourth-order valence-corrected chi connectivity index (χ4v) is 1.25. The van der Waals surface area contributed by atoms with Crippen LogP contribution in [-0.4, -0.2) is 19.8 Å². The van der Waals surface area contributed by atoms with E-state index in [0.29, 0.717) is 12.1 Å². The number of hydrogen-bond donors (Lipinski definition) is 1. The molecule has 0 aliphatic heterocycles. The fourth-order valence-electron chi connectivity index (χ4n) is 1.25. The molecule has 0 heterocycles. The van der Waals surface area contributed by atoms with Crippen molar-refractivity contribution in [2.24, 2.45) is 0 Å². The number of rotatable bonds is 5. The van der Waals surface area contributed by atoms with Gasteiger partial charge in [0.05, 0.1) is 13.0 Å². The highest BCUT2D eigenvalue weighted by atomic mass is 19.4. The average Bonchev–Trinajstić information content (AvgIpc) is 2.20. The summed E-state index contributed by atoms with van der Waals surface area (Å²) in [5.41, 5.74) is 0.702. The molecule has 0 amide bonds. The van der Waals surface area contributed by atoms with E-state index >= 15 is 0 Å². The minimum absolute atomic E-state index is 0.158. The summed E-state index contributed by atoms with van der Waals surface area (Å²) in [6.45, 7) is -0.0917. The molecule has 17 heavy (non-hydrogen) atoms. The maximum atomic E-state index is 13.4. The summed E-state index contributed by atoms with van der Waals surface area (Å²) in [6.07, 6.45) is -5.38. The zero-order valence-corrected chi connectivity index (χ0v) is 9.27. The maximum Gasteiger partial charge on any atom is 0.392 e. The fraction of sp³-hybridized carbons (Fsp3) is 0.455. The van der Waals surface area contributed by atoms with Gasteiger partial charge in [-0.25, -0.2) is 4.39 Å². The summed E-state index contributed by atoms with van der Waals surface area (Å²) in [6, 6.07) is 4.17. The van der Waals surface area contributed by atoms with Crippen molar-refractivity contribution in [1.82, 2.24) is 5.32 Å². The van der Waals surface area contributed by atoms with Crippen molar-refractivity contribution in [1.29, 1.82) is 0 Å². The SMILES string of the molecule is CNCc1ccc(OCCC(F)(F)F)c(F)c1. The van der Waals surface area contributed by atoms with E-state index in [1.165, 1.54) is 12.1 Å². The van der Waals surface area contributed by atoms with E-state index in [1.807, 2.05) is 0 Å². The third kappa shape index (κ3) is 5.04. The van der Waals surface area contributed by atoms with E-state index in [2.05, 4.69) is 5.32 Å². The second-order valence-electron chi connectivity index (χ2n) is 3.51. The molecule has 6 heteroatoms. The van der Waals surface area contributed by atoms with Crippen LogP contribution in [0.4, 0.5) is 17.6 Å². The van der Waals surface area contributed by atoms with Gasteiger partial charge in [0.25, 0.3) is 0 Å². The smallest absolute Gasteiger partial charge is 0.392 e. The van der Waals surface area contributed by atoms with Crippen molar-refractivity contribution in [2.75, 3.05) is 13.7 Å². The van der Waals surface area contributed by atoms with E-state index in [4.69, 9.17) is 4.74 Å². The van der Waals surface area contributed by atoms with Gasteiger partial charge in [-0.05, 0) is 24.7 Å². The number of alkyl halides is 3. The Morgan fingerprint density at radius 3 is 2.53 bits per heavy atom. The van der Waals surface area contributed by atoms with Crippen LogP contribution in [0.25, 0.3) is 0 Å². The predicted octanol–water partition coefficient (Wildman–Crippen LogP) is 2.88. The molecule has 0 saturated carbocycles. The highest BCUT2D eigenvalue weighted by molar-refractivity contribution is 5.29. The van der Waals surface area contributed by atoms with Crippen LogP contribution in [0.3, 0.4) is 0 Å². The van der Waals surface area contributed by atoms with Gasteiger partial charge in [-0.1, -0.05) is 6.07 Å². The van der Waals surface area contributed by atoms with Crippen LogP contribution in [0.15, 0.2) is 18.2 Å². The zero-order valence-electron chi connectivity index (χ0n) is 9.27. The molecule has 1 rings (SSSR count). The minimum atomic E-state index is -4.29. The van der Waals surface area contributed by atoms with E-state index < -0.39 is 25.0 Å². The van der Waals surface area contributed by atoms with Crippen LogP contribution >= 0.6 is 0 Å². The Labute approximate surface area is 96.6 Å². The minimum Gasteiger partial charge on any atom is -0.490 e. The summed E-state index contributed by atoms with van der Waals surface area (Å²) in [7, 11) is 1.71. The molecule has 1 aromatic rings. The van der Waals surface area contributed by atoms with E-state index in [9.17, 15) is 17.6 Å². The molecular weight excluding hydrogens is 238 g/mol. The van der Waals surface area contributed by atoms with Gasteiger partial charge in [0.2, 0.25) is 0 Å². The number of halogens is 4. The number of ether oxygens (including phenoxy) is 1. The van der Waals surface area contributed by atoms with Crippen LogP contribution in [0.2, 0.25) is 0 Å². The first-order valence-corrected chi connectivity index (χ1v) is 5.05. The Morgan fingerprint density at radius 1 is 1.29 bits per heavy atom. The van der Waals surface area contributed by atoms with Gasteiger partial charge in [-0.2, -0.15) is 13.2 Å². The topological polar surface area (TPSA) is 21.3 Å². The second kappa shape index (κ2) is 5.86. The van der Waals surface area contributed by atoms with E-state index in [1.54, 1.807) is 13.1 Å². The standard InChI is InChI=1S/C11H13F4NO/c1-16-7-8-2-3-10(9(12)6-8)17-5-4-11(13,14)15/h2-3,6,16H,4-5,7H2,1H3. The Hall–Kier alpha value is -1.30. The van der Waals surface area contributed by atoms with Gasteiger partial charge in [0, 0.05) is 6.54 Å². The van der Waals surface area contributed by atoms with Gasteiger partial charge in [-0.3, -0.25) is 0 Å². The molecular formula is C11H13F4NO. The summed E-state index contributed by atoms with van der Waals surface area (Å²) < 4.78 is 53.6. The van der Waals surface area contributed by atoms with Crippen LogP contribution in [0.5, 0.6) is 5.75 Å². The van der Waals surface area contributed by atoms with E-state index in [0.717, 1.165) is 0 Å². The molecule has 96 valence electrons. The van der Waals surface area contributed by atoms with Crippen LogP contribution in [0, 0.1) is 5.82 Å². The first kappa shape index (κ1) is 13.8. The normalized spacial score (nSPS) is 11.6. The average molecular weight is 251 g/mol. The molecule has 1 aromatic carbocycles. The van der Waals surface area contributed by atoms with Gasteiger partial charge < -0.3 is 10.1 Å². The molecule has 0 spiro atoms. The van der Waals surface area contributed by atoms with Gasteiger partial charge in [-0.15, -0.1) is 0 Å². The molecule has 0 saturated heterocycles. The lowest BCUT2D eigenvalue weighted by atomic mass is 10.2. The van der Waals surface area contributed by atoms with Crippen molar-refractivity contribution >= 4 is 0 Å². The third-order valence-electron chi connectivity index (χ3n) is 2.02. The van der Waals surface area contributed by atoms with Crippen LogP contribution < -0.4 is 10.1 Å². The van der Waals surface area contributed by atoms with Gasteiger partial charge in [0.15, 0.2) is 11.6 Å². The Kier molecular flexibility index (Phi) is 4.74. The molecule has 0 atom stereocenters. The summed E-state index contributed by atoms with van der Waals surface area (Å²) in [5.74, 6) is -0.811. The first-order chi connectivity index (χ1) is 7.92. The van der Waals surface area contributed by atoms with Crippen LogP contribution in [0.1, 0.15) is 12.0 Å². The molecule has 0 bridgehead atoms. The lowest BCUT2D eigenvalue weighted by Crippen LogP contribution is -2.13. The van der Waals surface area contributed by atoms with Gasteiger partial charge in [0.1, 0.15) is 0 Å². The Bertz CT molecular complexity index is 365. The summed E-state index contributed by atoms with van der Waals surface area (Å²) in [5, 5.41) is 2.84. The molecule has 0 radical (unpaired) electrons. The molecule has 0 aliphatic rings. The highest BCUT2D eigenvalue weighted by Crippen LogP contribution is 2.22. The number of nitrogens with one attached hydrogen (secondary N) is 1. The molecule has 0 unspecified atom stereocenters. The van der Waals surface area contributed by atoms with Crippen molar-refractivity contribution < 1.29 is 22.3 Å². The first-order valence-electron chi connectivity index (χ1n) is 5.05. The second-order valence-corrected chi connectivity index (χ2v) is 3.51. The molecule has 0 fully saturated rings. The Morgan fingerprint density at radius 2 is 2.00 bits per heavy atom. The molecule has 0 aromatic heterocycles. The molecule has 2 nitrogen and oxygen atoms in total. The molecule has 0 aliphatic carbocycles. The lowest BCUT2D eigenvalue weighted by molar-refractivity contribution is -0.139. The summed E-state index contributed by atoms with van der Waals surface area (Å²) >= 11 is 0. The van der Waals surface area contributed by atoms with Gasteiger partial charge >= 0.3 is 6.18 Å². The van der Waals surface area contributed by atoms with E-state index in [-0.39, 0.29) is 5.75 Å². The zero-order chi connectivity index (χ0) is 12.9.